The molecule has 0 saturated carbocycles. The molecule has 3 rings (SSSR count). The Balaban J connectivity index is 1.56. The van der Waals surface area contributed by atoms with Gasteiger partial charge in [0.25, 0.3) is 0 Å². The summed E-state index contributed by atoms with van der Waals surface area (Å²) in [5.41, 5.74) is 4.39. The van der Waals surface area contributed by atoms with Crippen LogP contribution in [-0.2, 0) is 12.8 Å². The van der Waals surface area contributed by atoms with Gasteiger partial charge >= 0.3 is 0 Å². The second-order valence-electron chi connectivity index (χ2n) is 9.08. The highest BCUT2D eigenvalue weighted by molar-refractivity contribution is 7.12. The lowest BCUT2D eigenvalue weighted by atomic mass is 10.00. The summed E-state index contributed by atoms with van der Waals surface area (Å²) in [6.45, 7) is 16.2. The summed E-state index contributed by atoms with van der Waals surface area (Å²) >= 11 is 6.01. The molecule has 0 aliphatic carbocycles. The third-order valence-electron chi connectivity index (χ3n) is 5.92. The van der Waals surface area contributed by atoms with Crippen molar-refractivity contribution >= 4 is 34.0 Å². The van der Waals surface area contributed by atoms with Gasteiger partial charge in [-0.3, -0.25) is 0 Å². The second kappa shape index (κ2) is 9.94. The standard InChI is InChI=1S/C26H36S3/c1-16(2)26-21(7)13-22(28-26)10-8-19(5)25-14-20(6)23(29-25)11-9-18(4)24-12-17(3)15-27-24/h12-16,18-19H,8-11H2,1-7H3. The summed E-state index contributed by atoms with van der Waals surface area (Å²) in [6, 6.07) is 7.25. The van der Waals surface area contributed by atoms with Crippen LogP contribution in [-0.4, -0.2) is 0 Å². The van der Waals surface area contributed by atoms with Crippen molar-refractivity contribution in [2.24, 2.45) is 0 Å². The highest BCUT2D eigenvalue weighted by Gasteiger charge is 2.15. The van der Waals surface area contributed by atoms with E-state index in [4.69, 9.17) is 0 Å². The van der Waals surface area contributed by atoms with E-state index in [-0.39, 0.29) is 0 Å². The highest BCUT2D eigenvalue weighted by atomic mass is 32.1. The number of thiophene rings is 3. The first kappa shape index (κ1) is 22.8. The van der Waals surface area contributed by atoms with Crippen LogP contribution in [0, 0.1) is 20.8 Å². The molecule has 3 heteroatoms. The Morgan fingerprint density at radius 3 is 2.07 bits per heavy atom. The third kappa shape index (κ3) is 5.83. The normalized spacial score (nSPS) is 13.9. The summed E-state index contributed by atoms with van der Waals surface area (Å²) in [5, 5.41) is 2.28. The van der Waals surface area contributed by atoms with E-state index in [9.17, 15) is 0 Å². The summed E-state index contributed by atoms with van der Waals surface area (Å²) in [4.78, 5) is 7.84. The van der Waals surface area contributed by atoms with Gasteiger partial charge in [-0.2, -0.15) is 0 Å². The van der Waals surface area contributed by atoms with Crippen LogP contribution in [0.2, 0.25) is 0 Å². The molecule has 0 radical (unpaired) electrons. The average molecular weight is 445 g/mol. The fraction of sp³-hybridized carbons (Fsp3) is 0.538. The lowest BCUT2D eigenvalue weighted by Crippen LogP contribution is -1.93. The number of aryl methyl sites for hydroxylation is 5. The molecule has 2 atom stereocenters. The van der Waals surface area contributed by atoms with Crippen molar-refractivity contribution < 1.29 is 0 Å². The molecule has 3 heterocycles. The van der Waals surface area contributed by atoms with E-state index >= 15 is 0 Å². The average Bonchev–Trinajstić information content (AvgIpc) is 3.36. The van der Waals surface area contributed by atoms with Gasteiger partial charge < -0.3 is 0 Å². The predicted molar refractivity (Wildman–Crippen MR) is 135 cm³/mol. The van der Waals surface area contributed by atoms with E-state index in [1.165, 1.54) is 47.3 Å². The van der Waals surface area contributed by atoms with Crippen molar-refractivity contribution in [2.45, 2.75) is 91.9 Å². The van der Waals surface area contributed by atoms with Gasteiger partial charge in [0.1, 0.15) is 0 Å². The van der Waals surface area contributed by atoms with Crippen LogP contribution in [0.5, 0.6) is 0 Å². The zero-order valence-electron chi connectivity index (χ0n) is 19.1. The van der Waals surface area contributed by atoms with Gasteiger partial charge in [0.15, 0.2) is 0 Å². The molecule has 2 unspecified atom stereocenters. The molecular formula is C26H36S3. The van der Waals surface area contributed by atoms with Crippen molar-refractivity contribution in [3.8, 4) is 0 Å². The molecule has 0 saturated heterocycles. The molecule has 0 fully saturated rings. The fourth-order valence-corrected chi connectivity index (χ4v) is 7.47. The van der Waals surface area contributed by atoms with Crippen molar-refractivity contribution in [2.75, 3.05) is 0 Å². The number of hydrogen-bond donors (Lipinski definition) is 0. The molecule has 0 nitrogen and oxygen atoms in total. The smallest absolute Gasteiger partial charge is 0.0103 e. The predicted octanol–water partition coefficient (Wildman–Crippen LogP) is 9.39. The van der Waals surface area contributed by atoms with Crippen LogP contribution < -0.4 is 0 Å². The third-order valence-corrected chi connectivity index (χ3v) is 10.3. The summed E-state index contributed by atoms with van der Waals surface area (Å²) < 4.78 is 0. The first-order valence-electron chi connectivity index (χ1n) is 11.0. The highest BCUT2D eigenvalue weighted by Crippen LogP contribution is 2.35. The van der Waals surface area contributed by atoms with E-state index in [1.54, 1.807) is 19.5 Å². The minimum absolute atomic E-state index is 0.647. The quantitative estimate of drug-likeness (QED) is 0.308. The van der Waals surface area contributed by atoms with Crippen LogP contribution in [0.4, 0.5) is 0 Å². The summed E-state index contributed by atoms with van der Waals surface area (Å²) in [7, 11) is 0. The van der Waals surface area contributed by atoms with E-state index < -0.39 is 0 Å². The van der Waals surface area contributed by atoms with E-state index in [0.29, 0.717) is 17.8 Å². The maximum absolute atomic E-state index is 2.46. The molecule has 29 heavy (non-hydrogen) atoms. The molecule has 0 aromatic carbocycles. The lowest BCUT2D eigenvalue weighted by molar-refractivity contribution is 0.694. The lowest BCUT2D eigenvalue weighted by Gasteiger charge is -2.09. The number of rotatable bonds is 9. The van der Waals surface area contributed by atoms with Crippen molar-refractivity contribution in [3.63, 3.8) is 0 Å². The maximum atomic E-state index is 2.46. The van der Waals surface area contributed by atoms with Crippen LogP contribution in [0.15, 0.2) is 23.6 Å². The van der Waals surface area contributed by atoms with Crippen molar-refractivity contribution in [3.05, 3.63) is 64.7 Å². The maximum Gasteiger partial charge on any atom is 0.0103 e. The molecule has 0 aliphatic rings. The Hall–Kier alpha value is -0.900. The Bertz CT molecular complexity index is 922. The first-order valence-corrected chi connectivity index (χ1v) is 13.5. The molecule has 0 aliphatic heterocycles. The van der Waals surface area contributed by atoms with Crippen molar-refractivity contribution in [1.82, 2.24) is 0 Å². The molecule has 158 valence electrons. The van der Waals surface area contributed by atoms with E-state index in [1.807, 2.05) is 22.7 Å². The second-order valence-corrected chi connectivity index (χ2v) is 12.4. The zero-order chi connectivity index (χ0) is 21.1. The molecule has 0 bridgehead atoms. The molecular weight excluding hydrogens is 408 g/mol. The van der Waals surface area contributed by atoms with E-state index in [2.05, 4.69) is 83.4 Å². The van der Waals surface area contributed by atoms with Crippen LogP contribution in [0.25, 0.3) is 0 Å². The Morgan fingerprint density at radius 1 is 0.759 bits per heavy atom. The minimum Gasteiger partial charge on any atom is -0.148 e. The summed E-state index contributed by atoms with van der Waals surface area (Å²) in [6.07, 6.45) is 4.92. The van der Waals surface area contributed by atoms with Crippen LogP contribution in [0.3, 0.4) is 0 Å². The Kier molecular flexibility index (Phi) is 7.81. The van der Waals surface area contributed by atoms with Crippen LogP contribution in [0.1, 0.15) is 99.4 Å². The van der Waals surface area contributed by atoms with Gasteiger partial charge in [-0.1, -0.05) is 27.7 Å². The number of hydrogen-bond acceptors (Lipinski definition) is 3. The van der Waals surface area contributed by atoms with Gasteiger partial charge in [0.05, 0.1) is 0 Å². The topological polar surface area (TPSA) is 0 Å². The molecule has 3 aromatic heterocycles. The minimum atomic E-state index is 0.647. The van der Waals surface area contributed by atoms with Gasteiger partial charge in [0.2, 0.25) is 0 Å². The van der Waals surface area contributed by atoms with Crippen molar-refractivity contribution in [1.29, 1.82) is 0 Å². The Morgan fingerprint density at radius 2 is 1.45 bits per heavy atom. The molecule has 0 amide bonds. The van der Waals surface area contributed by atoms with Gasteiger partial charge in [-0.05, 0) is 104 Å². The molecule has 3 aromatic rings. The molecule has 0 spiro atoms. The first-order chi connectivity index (χ1) is 13.7. The summed E-state index contributed by atoms with van der Waals surface area (Å²) in [5.74, 6) is 1.96. The van der Waals surface area contributed by atoms with Gasteiger partial charge in [-0.15, -0.1) is 34.0 Å². The molecule has 0 N–H and O–H groups in total. The van der Waals surface area contributed by atoms with Crippen LogP contribution >= 0.6 is 34.0 Å². The monoisotopic (exact) mass is 444 g/mol. The largest absolute Gasteiger partial charge is 0.148 e. The van der Waals surface area contributed by atoms with Gasteiger partial charge in [-0.25, -0.2) is 0 Å². The zero-order valence-corrected chi connectivity index (χ0v) is 21.5. The van der Waals surface area contributed by atoms with E-state index in [0.717, 1.165) is 0 Å². The Labute approximate surface area is 190 Å². The SMILES string of the molecule is Cc1csc(C(C)CCc2sc(C(C)CCc3cc(C)c(C(C)C)s3)cc2C)c1. The fourth-order valence-electron chi connectivity index (χ4n) is 4.00. The van der Waals surface area contributed by atoms with Gasteiger partial charge in [0, 0.05) is 24.4 Å².